The lowest BCUT2D eigenvalue weighted by Crippen LogP contribution is -1.81. The van der Waals surface area contributed by atoms with Crippen LogP contribution in [0.5, 0.6) is 0 Å². The maximum atomic E-state index is 8.92. The van der Waals surface area contributed by atoms with Crippen LogP contribution in [0.25, 0.3) is 21.9 Å². The van der Waals surface area contributed by atoms with Crippen molar-refractivity contribution in [3.63, 3.8) is 0 Å². The van der Waals surface area contributed by atoms with E-state index in [2.05, 4.69) is 6.07 Å². The van der Waals surface area contributed by atoms with Crippen molar-refractivity contribution in [2.75, 3.05) is 0 Å². The van der Waals surface area contributed by atoms with Crippen LogP contribution < -0.4 is 0 Å². The maximum Gasteiger partial charge on any atom is 0.0991 e. The van der Waals surface area contributed by atoms with Gasteiger partial charge in [-0.2, -0.15) is 5.26 Å². The molecule has 3 rings (SSSR count). The summed E-state index contributed by atoms with van der Waals surface area (Å²) in [7, 11) is 0. The molecule has 0 spiro atoms. The summed E-state index contributed by atoms with van der Waals surface area (Å²) >= 11 is 6.41. The number of fused-ring (bicyclic) bond motifs is 1. The van der Waals surface area contributed by atoms with Gasteiger partial charge in [-0.3, -0.25) is 0 Å². The molecule has 0 aliphatic carbocycles. The summed E-state index contributed by atoms with van der Waals surface area (Å²) in [6.45, 7) is 0. The lowest BCUT2D eigenvalue weighted by atomic mass is 10.0. The van der Waals surface area contributed by atoms with Gasteiger partial charge >= 0.3 is 0 Å². The Balaban J connectivity index is 2.01. The van der Waals surface area contributed by atoms with Crippen molar-refractivity contribution in [3.8, 4) is 6.07 Å². The summed E-state index contributed by atoms with van der Waals surface area (Å²) in [6, 6.07) is 23.8. The van der Waals surface area contributed by atoms with Crippen molar-refractivity contribution in [2.24, 2.45) is 0 Å². The molecule has 0 amide bonds. The van der Waals surface area contributed by atoms with Crippen molar-refractivity contribution in [1.29, 1.82) is 5.26 Å². The number of hydrogen-bond acceptors (Lipinski definition) is 1. The molecule has 0 aliphatic rings. The quantitative estimate of drug-likeness (QED) is 0.576. The minimum Gasteiger partial charge on any atom is -0.192 e. The fourth-order valence-electron chi connectivity index (χ4n) is 2.24. The van der Waals surface area contributed by atoms with E-state index in [1.165, 1.54) is 0 Å². The highest BCUT2D eigenvalue weighted by Crippen LogP contribution is 2.26. The van der Waals surface area contributed by atoms with E-state index >= 15 is 0 Å². The first kappa shape index (κ1) is 13.4. The number of halogens is 1. The molecule has 100 valence electrons. The zero-order chi connectivity index (χ0) is 14.7. The molecule has 0 heterocycles. The smallest absolute Gasteiger partial charge is 0.0991 e. The maximum absolute atomic E-state index is 8.92. The monoisotopic (exact) mass is 289 g/mol. The Bertz CT molecular complexity index is 858. The van der Waals surface area contributed by atoms with Crippen molar-refractivity contribution in [1.82, 2.24) is 0 Å². The normalized spacial score (nSPS) is 11.3. The zero-order valence-corrected chi connectivity index (χ0v) is 12.0. The fourth-order valence-corrected chi connectivity index (χ4v) is 2.49. The minimum atomic E-state index is 0.668. The van der Waals surface area contributed by atoms with Crippen LogP contribution in [0.3, 0.4) is 0 Å². The van der Waals surface area contributed by atoms with E-state index in [1.54, 1.807) is 0 Å². The summed E-state index contributed by atoms with van der Waals surface area (Å²) < 4.78 is 0. The van der Waals surface area contributed by atoms with Gasteiger partial charge in [0.2, 0.25) is 0 Å². The molecule has 0 unspecified atom stereocenters. The van der Waals surface area contributed by atoms with Gasteiger partial charge in [-0.1, -0.05) is 60.1 Å². The molecule has 0 aliphatic heterocycles. The van der Waals surface area contributed by atoms with Gasteiger partial charge in [-0.15, -0.1) is 0 Å². The van der Waals surface area contributed by atoms with Crippen molar-refractivity contribution in [2.45, 2.75) is 0 Å². The van der Waals surface area contributed by atoms with E-state index in [-0.39, 0.29) is 0 Å². The van der Waals surface area contributed by atoms with Crippen LogP contribution in [-0.4, -0.2) is 0 Å². The van der Waals surface area contributed by atoms with Gasteiger partial charge in [0.1, 0.15) is 0 Å². The standard InChI is InChI=1S/C19H12ClN/c20-19(11-14-4-2-1-3-5-14)18-9-8-16-10-15(13-21)6-7-17(16)12-18/h1-12H/b19-11-. The van der Waals surface area contributed by atoms with Crippen molar-refractivity contribution in [3.05, 3.63) is 83.4 Å². The summed E-state index contributed by atoms with van der Waals surface area (Å²) in [6.07, 6.45) is 1.95. The highest BCUT2D eigenvalue weighted by molar-refractivity contribution is 6.51. The molecule has 0 fully saturated rings. The third kappa shape index (κ3) is 2.97. The SMILES string of the molecule is N#Cc1ccc2cc(/C(Cl)=C/c3ccccc3)ccc2c1. The van der Waals surface area contributed by atoms with E-state index in [9.17, 15) is 0 Å². The topological polar surface area (TPSA) is 23.8 Å². The van der Waals surface area contributed by atoms with Gasteiger partial charge in [0, 0.05) is 5.03 Å². The van der Waals surface area contributed by atoms with E-state index < -0.39 is 0 Å². The zero-order valence-electron chi connectivity index (χ0n) is 11.3. The molecule has 0 N–H and O–H groups in total. The number of nitrogens with zero attached hydrogens (tertiary/aromatic N) is 1. The van der Waals surface area contributed by atoms with Crippen LogP contribution >= 0.6 is 11.6 Å². The molecule has 0 aromatic heterocycles. The Labute approximate surface area is 128 Å². The lowest BCUT2D eigenvalue weighted by Gasteiger charge is -2.04. The Morgan fingerprint density at radius 1 is 0.905 bits per heavy atom. The van der Waals surface area contributed by atoms with E-state index in [4.69, 9.17) is 16.9 Å². The third-order valence-electron chi connectivity index (χ3n) is 3.34. The van der Waals surface area contributed by atoms with Gasteiger partial charge in [0.05, 0.1) is 11.6 Å². The van der Waals surface area contributed by atoms with Crippen molar-refractivity contribution < 1.29 is 0 Å². The predicted molar refractivity (Wildman–Crippen MR) is 88.8 cm³/mol. The second kappa shape index (κ2) is 5.83. The summed E-state index contributed by atoms with van der Waals surface area (Å²) in [4.78, 5) is 0. The number of hydrogen-bond donors (Lipinski definition) is 0. The van der Waals surface area contributed by atoms with Gasteiger partial charge in [-0.25, -0.2) is 0 Å². The molecular weight excluding hydrogens is 278 g/mol. The van der Waals surface area contributed by atoms with Crippen LogP contribution in [0.4, 0.5) is 0 Å². The van der Waals surface area contributed by atoms with Crippen LogP contribution in [0.1, 0.15) is 16.7 Å². The Morgan fingerprint density at radius 3 is 2.38 bits per heavy atom. The summed E-state index contributed by atoms with van der Waals surface area (Å²) in [5.74, 6) is 0. The molecule has 1 nitrogen and oxygen atoms in total. The van der Waals surface area contributed by atoms with Gasteiger partial charge in [0.25, 0.3) is 0 Å². The highest BCUT2D eigenvalue weighted by Gasteiger charge is 2.02. The van der Waals surface area contributed by atoms with Gasteiger partial charge in [-0.05, 0) is 46.2 Å². The molecule has 21 heavy (non-hydrogen) atoms. The molecule has 3 aromatic rings. The molecule has 0 atom stereocenters. The second-order valence-electron chi connectivity index (χ2n) is 4.79. The molecule has 0 radical (unpaired) electrons. The summed E-state index contributed by atoms with van der Waals surface area (Å²) in [5, 5.41) is 11.7. The second-order valence-corrected chi connectivity index (χ2v) is 5.20. The number of benzene rings is 3. The molecule has 0 bridgehead atoms. The van der Waals surface area contributed by atoms with Gasteiger partial charge < -0.3 is 0 Å². The molecule has 2 heteroatoms. The molecule has 0 saturated carbocycles. The van der Waals surface area contributed by atoms with Crippen molar-refractivity contribution >= 4 is 33.5 Å². The minimum absolute atomic E-state index is 0.668. The highest BCUT2D eigenvalue weighted by atomic mass is 35.5. The third-order valence-corrected chi connectivity index (χ3v) is 3.67. The number of nitriles is 1. The molecule has 3 aromatic carbocycles. The predicted octanol–water partition coefficient (Wildman–Crippen LogP) is 5.45. The van der Waals surface area contributed by atoms with Crippen LogP contribution in [0, 0.1) is 11.3 Å². The first-order valence-electron chi connectivity index (χ1n) is 6.63. The van der Waals surface area contributed by atoms with Crippen LogP contribution in [0.2, 0.25) is 0 Å². The Morgan fingerprint density at radius 2 is 1.62 bits per heavy atom. The Kier molecular flexibility index (Phi) is 3.73. The largest absolute Gasteiger partial charge is 0.192 e. The van der Waals surface area contributed by atoms with Gasteiger partial charge in [0.15, 0.2) is 0 Å². The average molecular weight is 290 g/mol. The first-order valence-corrected chi connectivity index (χ1v) is 7.00. The van der Waals surface area contributed by atoms with Crippen LogP contribution in [0.15, 0.2) is 66.7 Å². The van der Waals surface area contributed by atoms with E-state index in [0.29, 0.717) is 10.6 Å². The number of rotatable bonds is 2. The molecular formula is C19H12ClN. The van der Waals surface area contributed by atoms with Crippen LogP contribution in [-0.2, 0) is 0 Å². The molecule has 0 saturated heterocycles. The Hall–Kier alpha value is -2.56. The fraction of sp³-hybridized carbons (Fsp3) is 0. The first-order chi connectivity index (χ1) is 10.3. The summed E-state index contributed by atoms with van der Waals surface area (Å²) in [5.41, 5.74) is 2.71. The average Bonchev–Trinajstić information content (AvgIpc) is 2.54. The van der Waals surface area contributed by atoms with E-state index in [0.717, 1.165) is 21.9 Å². The van der Waals surface area contributed by atoms with E-state index in [1.807, 2.05) is 72.8 Å². The lowest BCUT2D eigenvalue weighted by molar-refractivity contribution is 1.50.